The Morgan fingerprint density at radius 1 is 1.52 bits per heavy atom. The van der Waals surface area contributed by atoms with E-state index >= 15 is 0 Å². The quantitative estimate of drug-likeness (QED) is 0.332. The minimum Gasteiger partial charge on any atom is -0.492 e. The fourth-order valence-electron chi connectivity index (χ4n) is 2.16. The number of carbonyl (C=O) groups excluding carboxylic acids is 1. The van der Waals surface area contributed by atoms with Crippen LogP contribution in [-0.4, -0.2) is 40.8 Å². The van der Waals surface area contributed by atoms with Gasteiger partial charge in [-0.3, -0.25) is 9.52 Å². The van der Waals surface area contributed by atoms with E-state index in [0.29, 0.717) is 17.0 Å². The summed E-state index contributed by atoms with van der Waals surface area (Å²) in [4.78, 5) is 22.8. The summed E-state index contributed by atoms with van der Waals surface area (Å²) in [6, 6.07) is 4.81. The Bertz CT molecular complexity index is 764. The molecule has 0 atom stereocenters. The zero-order valence-corrected chi connectivity index (χ0v) is 14.7. The topological polar surface area (TPSA) is 155 Å². The number of amidine groups is 1. The molecule has 5 N–H and O–H groups in total. The van der Waals surface area contributed by atoms with Crippen LogP contribution in [0.5, 0.6) is 5.75 Å². The monoisotopic (exact) mass is 371 g/mol. The number of hydrogen-bond acceptors (Lipinski definition) is 6. The highest BCUT2D eigenvalue weighted by Gasteiger charge is 2.30. The zero-order chi connectivity index (χ0) is 18.7. The molecule has 0 saturated heterocycles. The lowest BCUT2D eigenvalue weighted by molar-refractivity contribution is -0.131. The third-order valence-corrected chi connectivity index (χ3v) is 4.74. The number of anilines is 1. The largest absolute Gasteiger partial charge is 0.492 e. The van der Waals surface area contributed by atoms with Gasteiger partial charge in [-0.25, -0.2) is 4.21 Å². The number of nitrogens with two attached hydrogens (primary N) is 1. The van der Waals surface area contributed by atoms with E-state index in [4.69, 9.17) is 15.6 Å². The van der Waals surface area contributed by atoms with Crippen LogP contribution in [0.25, 0.3) is 0 Å². The Hall–Kier alpha value is -2.53. The second kappa shape index (κ2) is 7.15. The van der Waals surface area contributed by atoms with E-state index < -0.39 is 15.9 Å². The van der Waals surface area contributed by atoms with E-state index in [-0.39, 0.29) is 31.5 Å². The number of amides is 1. The zero-order valence-electron chi connectivity index (χ0n) is 13.9. The van der Waals surface area contributed by atoms with Gasteiger partial charge in [-0.2, -0.15) is 4.40 Å². The lowest BCUT2D eigenvalue weighted by Crippen LogP contribution is -2.42. The van der Waals surface area contributed by atoms with Gasteiger partial charge < -0.3 is 20.9 Å². The molecule has 1 aromatic carbocycles. The molecule has 0 bridgehead atoms. The highest BCUT2D eigenvalue weighted by atomic mass is 32.3. The Kier molecular flexibility index (Phi) is 5.38. The predicted molar refractivity (Wildman–Crippen MR) is 95.5 cm³/mol. The molecular weight excluding hydrogens is 350 g/mol. The molecule has 1 aliphatic rings. The predicted octanol–water partition coefficient (Wildman–Crippen LogP) is -0.141. The number of nitrogens with zero attached hydrogens (tertiary/aromatic N) is 2. The molecule has 11 heteroatoms. The number of aliphatic hydroxyl groups is 1. The number of benzene rings is 1. The molecular formula is C14H21N5O5S. The van der Waals surface area contributed by atoms with E-state index in [2.05, 4.69) is 19.0 Å². The van der Waals surface area contributed by atoms with Gasteiger partial charge in [-0.05, 0) is 26.0 Å². The van der Waals surface area contributed by atoms with Gasteiger partial charge in [0.2, 0.25) is 5.91 Å². The molecule has 0 spiro atoms. The first kappa shape index (κ1) is 18.8. The average molecular weight is 371 g/mol. The van der Waals surface area contributed by atoms with E-state index in [1.54, 1.807) is 32.0 Å². The number of fused-ring (bicyclic) bond motifs is 1. The van der Waals surface area contributed by atoms with E-state index in [9.17, 15) is 13.9 Å². The summed E-state index contributed by atoms with van der Waals surface area (Å²) in [5.41, 5.74) is 5.61. The van der Waals surface area contributed by atoms with Gasteiger partial charge in [-0.15, -0.1) is 4.91 Å². The number of aliphatic hydroxyl groups excluding tert-OH is 1. The molecule has 138 valence electrons. The number of nitrogens with one attached hydrogen (secondary N) is 2. The fraction of sp³-hybridized carbons (Fsp3) is 0.429. The summed E-state index contributed by atoms with van der Waals surface area (Å²) in [6.07, 6.45) is 0. The summed E-state index contributed by atoms with van der Waals surface area (Å²) in [7, 11) is -3.84. The van der Waals surface area contributed by atoms with Crippen molar-refractivity contribution >= 4 is 27.9 Å². The molecule has 0 aliphatic carbocycles. The van der Waals surface area contributed by atoms with Crippen LogP contribution in [-0.2, 0) is 15.3 Å². The van der Waals surface area contributed by atoms with Gasteiger partial charge in [0.15, 0.2) is 10.5 Å². The third kappa shape index (κ3) is 4.12. The van der Waals surface area contributed by atoms with Crippen molar-refractivity contribution in [3.05, 3.63) is 28.7 Å². The highest BCUT2D eigenvalue weighted by Crippen LogP contribution is 2.33. The first-order valence-electron chi connectivity index (χ1n) is 7.47. The maximum Gasteiger partial charge on any atom is 0.229 e. The Labute approximate surface area is 145 Å². The van der Waals surface area contributed by atoms with Gasteiger partial charge >= 0.3 is 0 Å². The van der Waals surface area contributed by atoms with Crippen LogP contribution in [0.4, 0.5) is 5.69 Å². The number of nitroso groups, excluding NO2 is 1. The molecule has 0 aromatic heterocycles. The SMILES string of the molecule is CC(C)(COc1cccc2c1C(N)=N[SH](=O)(N=O)N2)C(=O)NCCO. The number of rotatable bonds is 7. The van der Waals surface area contributed by atoms with Crippen molar-refractivity contribution in [1.82, 2.24) is 5.32 Å². The molecule has 1 aliphatic heterocycles. The first-order chi connectivity index (χ1) is 11.7. The molecule has 0 unspecified atom stereocenters. The van der Waals surface area contributed by atoms with Crippen molar-refractivity contribution in [3.63, 3.8) is 0 Å². The number of ether oxygens (including phenoxy) is 1. The van der Waals surface area contributed by atoms with Crippen LogP contribution in [0, 0.1) is 10.3 Å². The van der Waals surface area contributed by atoms with Crippen LogP contribution >= 0.6 is 0 Å². The van der Waals surface area contributed by atoms with E-state index in [1.807, 2.05) is 0 Å². The van der Waals surface area contributed by atoms with Crippen LogP contribution in [0.2, 0.25) is 0 Å². The molecule has 1 amide bonds. The number of carbonyl (C=O) groups is 1. The van der Waals surface area contributed by atoms with Crippen LogP contribution in [0.1, 0.15) is 19.4 Å². The molecule has 1 heterocycles. The molecule has 0 radical (unpaired) electrons. The second-order valence-corrected chi connectivity index (χ2v) is 7.73. The van der Waals surface area contributed by atoms with Crippen LogP contribution in [0.3, 0.4) is 0 Å². The highest BCUT2D eigenvalue weighted by molar-refractivity contribution is 8.02. The summed E-state index contributed by atoms with van der Waals surface area (Å²) in [5, 5.41) is 11.4. The lowest BCUT2D eigenvalue weighted by atomic mass is 9.93. The lowest BCUT2D eigenvalue weighted by Gasteiger charge is -2.27. The Morgan fingerprint density at radius 3 is 2.88 bits per heavy atom. The number of thiol groups is 1. The van der Waals surface area contributed by atoms with E-state index in [0.717, 1.165) is 0 Å². The normalized spacial score (nSPS) is 16.7. The van der Waals surface area contributed by atoms with Gasteiger partial charge in [0, 0.05) is 11.1 Å². The fourth-order valence-corrected chi connectivity index (χ4v) is 3.18. The number of hydrogen-bond donors (Lipinski definition) is 5. The van der Waals surface area contributed by atoms with Crippen molar-refractivity contribution in [3.8, 4) is 5.75 Å². The molecule has 1 aromatic rings. The molecule has 10 nitrogen and oxygen atoms in total. The maximum atomic E-state index is 12.1. The molecule has 2 rings (SSSR count). The minimum absolute atomic E-state index is 0.0254. The Morgan fingerprint density at radius 2 is 2.24 bits per heavy atom. The van der Waals surface area contributed by atoms with Crippen LogP contribution in [0.15, 0.2) is 27.2 Å². The third-order valence-electron chi connectivity index (χ3n) is 3.50. The summed E-state index contributed by atoms with van der Waals surface area (Å²) in [5.74, 6) is -0.0815. The van der Waals surface area contributed by atoms with Crippen LogP contribution < -0.4 is 20.5 Å². The standard InChI is InChI=1S/C14H21N5O5S/c1-14(2,13(21)16-6-7-20)8-24-10-5-3-4-9-11(10)12(15)18-25(23,17-9)19-22/h3-5,20,25H,6-8H2,1-2H3,(H,16,21)(H3,15,17,18,23). The first-order valence-corrected chi connectivity index (χ1v) is 9.08. The smallest absolute Gasteiger partial charge is 0.229 e. The minimum atomic E-state index is -3.84. The van der Waals surface area contributed by atoms with Gasteiger partial charge in [-0.1, -0.05) is 6.07 Å². The maximum absolute atomic E-state index is 12.1. The van der Waals surface area contributed by atoms with Gasteiger partial charge in [0.05, 0.1) is 23.3 Å². The van der Waals surface area contributed by atoms with Crippen molar-refractivity contribution in [2.45, 2.75) is 13.8 Å². The van der Waals surface area contributed by atoms with Gasteiger partial charge in [0.25, 0.3) is 0 Å². The van der Waals surface area contributed by atoms with Crippen molar-refractivity contribution in [2.75, 3.05) is 24.5 Å². The molecule has 25 heavy (non-hydrogen) atoms. The Balaban J connectivity index is 2.21. The van der Waals surface area contributed by atoms with Crippen molar-refractivity contribution < 1.29 is 18.8 Å². The molecule has 0 fully saturated rings. The summed E-state index contributed by atoms with van der Waals surface area (Å²) in [6.45, 7) is 3.40. The average Bonchev–Trinajstić information content (AvgIpc) is 2.57. The van der Waals surface area contributed by atoms with Gasteiger partial charge in [0.1, 0.15) is 18.2 Å². The summed E-state index contributed by atoms with van der Waals surface area (Å²) < 4.78 is 26.3. The van der Waals surface area contributed by atoms with Crippen molar-refractivity contribution in [2.24, 2.45) is 20.1 Å². The van der Waals surface area contributed by atoms with E-state index in [1.165, 1.54) is 0 Å². The second-order valence-electron chi connectivity index (χ2n) is 6.05. The molecule has 0 saturated carbocycles. The summed E-state index contributed by atoms with van der Waals surface area (Å²) >= 11 is 0. The van der Waals surface area contributed by atoms with Crippen molar-refractivity contribution in [1.29, 1.82) is 0 Å².